The van der Waals surface area contributed by atoms with Gasteiger partial charge in [-0.15, -0.1) is 0 Å². The smallest absolute Gasteiger partial charge is 0.0645 e. The van der Waals surface area contributed by atoms with Gasteiger partial charge in [0.2, 0.25) is 0 Å². The molecule has 3 saturated heterocycles. The summed E-state index contributed by atoms with van der Waals surface area (Å²) in [4.78, 5) is 2.64. The van der Waals surface area contributed by atoms with Crippen LogP contribution >= 0.6 is 0 Å². The van der Waals surface area contributed by atoms with Gasteiger partial charge in [-0.3, -0.25) is 4.90 Å². The molecule has 0 aromatic heterocycles. The molecule has 1 spiro atoms. The van der Waals surface area contributed by atoms with E-state index >= 15 is 0 Å². The Kier molecular flexibility index (Phi) is 1.86. The zero-order valence-electron chi connectivity index (χ0n) is 8.09. The molecule has 0 aliphatic carbocycles. The summed E-state index contributed by atoms with van der Waals surface area (Å²) < 4.78 is 5.24. The minimum absolute atomic E-state index is 0.635. The Morgan fingerprint density at radius 3 is 2.85 bits per heavy atom. The fourth-order valence-electron chi connectivity index (χ4n) is 2.86. The third-order valence-corrected chi connectivity index (χ3v) is 3.94. The first-order valence-corrected chi connectivity index (χ1v) is 5.41. The Morgan fingerprint density at radius 1 is 1.31 bits per heavy atom. The summed E-state index contributed by atoms with van der Waals surface area (Å²) >= 11 is 0. The number of hydrogen-bond donors (Lipinski definition) is 1. The Hall–Kier alpha value is -0.120. The van der Waals surface area contributed by atoms with Gasteiger partial charge in [0.1, 0.15) is 0 Å². The summed E-state index contributed by atoms with van der Waals surface area (Å²) in [7, 11) is 0. The topological polar surface area (TPSA) is 24.5 Å². The highest BCUT2D eigenvalue weighted by Gasteiger charge is 2.43. The maximum absolute atomic E-state index is 5.24. The Labute approximate surface area is 79.4 Å². The van der Waals surface area contributed by atoms with Gasteiger partial charge in [-0.1, -0.05) is 0 Å². The van der Waals surface area contributed by atoms with Crippen LogP contribution in [0.25, 0.3) is 0 Å². The molecule has 0 amide bonds. The van der Waals surface area contributed by atoms with Crippen molar-refractivity contribution in [3.05, 3.63) is 0 Å². The number of hydrogen-bond acceptors (Lipinski definition) is 3. The van der Waals surface area contributed by atoms with Crippen molar-refractivity contribution in [3.63, 3.8) is 0 Å². The van der Waals surface area contributed by atoms with Crippen molar-refractivity contribution in [3.8, 4) is 0 Å². The van der Waals surface area contributed by atoms with Gasteiger partial charge in [-0.2, -0.15) is 0 Å². The van der Waals surface area contributed by atoms with Crippen molar-refractivity contribution in [2.24, 2.45) is 5.41 Å². The molecule has 74 valence electrons. The summed E-state index contributed by atoms with van der Waals surface area (Å²) in [6, 6.07) is 0.750. The van der Waals surface area contributed by atoms with Crippen LogP contribution in [0.5, 0.6) is 0 Å². The summed E-state index contributed by atoms with van der Waals surface area (Å²) in [5.74, 6) is 0. The zero-order chi connectivity index (χ0) is 8.73. The van der Waals surface area contributed by atoms with Crippen LogP contribution in [0.1, 0.15) is 12.8 Å². The first-order valence-electron chi connectivity index (χ1n) is 5.41. The van der Waals surface area contributed by atoms with Crippen molar-refractivity contribution >= 4 is 0 Å². The van der Waals surface area contributed by atoms with Crippen molar-refractivity contribution in [1.82, 2.24) is 10.2 Å². The minimum Gasteiger partial charge on any atom is -0.378 e. The molecule has 13 heavy (non-hydrogen) atoms. The number of nitrogens with one attached hydrogen (secondary N) is 1. The van der Waals surface area contributed by atoms with Gasteiger partial charge in [0.15, 0.2) is 0 Å². The molecule has 3 rings (SSSR count). The normalized spacial score (nSPS) is 41.5. The molecule has 3 nitrogen and oxygen atoms in total. The van der Waals surface area contributed by atoms with Gasteiger partial charge in [0.05, 0.1) is 19.3 Å². The average molecular weight is 182 g/mol. The van der Waals surface area contributed by atoms with Gasteiger partial charge in [-0.25, -0.2) is 0 Å². The molecular formula is C10H18N2O. The molecule has 3 aliphatic heterocycles. The third-order valence-electron chi connectivity index (χ3n) is 3.94. The summed E-state index contributed by atoms with van der Waals surface area (Å²) in [6.07, 6.45) is 2.79. The molecule has 3 aliphatic rings. The average Bonchev–Trinajstić information content (AvgIpc) is 2.60. The van der Waals surface area contributed by atoms with E-state index in [-0.39, 0.29) is 0 Å². The van der Waals surface area contributed by atoms with Crippen LogP contribution in [-0.4, -0.2) is 50.3 Å². The molecule has 0 bridgehead atoms. The van der Waals surface area contributed by atoms with Crippen LogP contribution in [0.4, 0.5) is 0 Å². The van der Waals surface area contributed by atoms with Crippen LogP contribution in [0.15, 0.2) is 0 Å². The summed E-state index contributed by atoms with van der Waals surface area (Å²) in [5, 5.41) is 3.49. The van der Waals surface area contributed by atoms with E-state index in [1.165, 1.54) is 39.0 Å². The second-order valence-electron chi connectivity index (χ2n) is 4.84. The van der Waals surface area contributed by atoms with E-state index in [9.17, 15) is 0 Å². The molecule has 1 atom stereocenters. The zero-order valence-corrected chi connectivity index (χ0v) is 8.09. The minimum atomic E-state index is 0.635. The highest BCUT2D eigenvalue weighted by Crippen LogP contribution is 2.37. The van der Waals surface area contributed by atoms with Crippen LogP contribution < -0.4 is 5.32 Å². The van der Waals surface area contributed by atoms with Crippen LogP contribution in [0, 0.1) is 5.41 Å². The molecule has 0 saturated carbocycles. The molecule has 0 radical (unpaired) electrons. The third kappa shape index (κ3) is 1.30. The molecule has 3 heterocycles. The number of rotatable bonds is 1. The first kappa shape index (κ1) is 8.21. The lowest BCUT2D eigenvalue weighted by Gasteiger charge is -2.35. The van der Waals surface area contributed by atoms with E-state index in [1.807, 2.05) is 0 Å². The van der Waals surface area contributed by atoms with Crippen molar-refractivity contribution in [2.75, 3.05) is 39.4 Å². The number of nitrogens with zero attached hydrogens (tertiary/aromatic N) is 1. The van der Waals surface area contributed by atoms with E-state index in [0.717, 1.165) is 19.3 Å². The maximum Gasteiger partial charge on any atom is 0.0645 e. The largest absolute Gasteiger partial charge is 0.378 e. The predicted octanol–water partition coefficient (Wildman–Crippen LogP) is 0.0706. The Bertz CT molecular complexity index is 197. The second kappa shape index (κ2) is 2.94. The van der Waals surface area contributed by atoms with E-state index in [2.05, 4.69) is 10.2 Å². The Morgan fingerprint density at radius 2 is 2.23 bits per heavy atom. The van der Waals surface area contributed by atoms with Gasteiger partial charge >= 0.3 is 0 Å². The fraction of sp³-hybridized carbons (Fsp3) is 1.00. The highest BCUT2D eigenvalue weighted by molar-refractivity contribution is 4.98. The second-order valence-corrected chi connectivity index (χ2v) is 4.84. The number of ether oxygens (including phenoxy) is 1. The van der Waals surface area contributed by atoms with Gasteiger partial charge in [0, 0.05) is 13.1 Å². The van der Waals surface area contributed by atoms with Crippen molar-refractivity contribution in [1.29, 1.82) is 0 Å². The Balaban J connectivity index is 1.63. The van der Waals surface area contributed by atoms with Gasteiger partial charge in [-0.05, 0) is 31.3 Å². The molecular weight excluding hydrogens is 164 g/mol. The molecule has 0 aromatic rings. The quantitative estimate of drug-likeness (QED) is 0.621. The van der Waals surface area contributed by atoms with Crippen molar-refractivity contribution in [2.45, 2.75) is 18.9 Å². The molecule has 0 aromatic carbocycles. The predicted molar refractivity (Wildman–Crippen MR) is 50.7 cm³/mol. The van der Waals surface area contributed by atoms with E-state index < -0.39 is 0 Å². The van der Waals surface area contributed by atoms with Crippen molar-refractivity contribution < 1.29 is 4.74 Å². The lowest BCUT2D eigenvalue weighted by atomic mass is 9.86. The summed E-state index contributed by atoms with van der Waals surface area (Å²) in [5.41, 5.74) is 0.635. The molecule has 1 N–H and O–H groups in total. The van der Waals surface area contributed by atoms with Crippen LogP contribution in [0.2, 0.25) is 0 Å². The van der Waals surface area contributed by atoms with Gasteiger partial charge < -0.3 is 10.1 Å². The first-order chi connectivity index (χ1) is 6.38. The van der Waals surface area contributed by atoms with Crippen LogP contribution in [-0.2, 0) is 4.74 Å². The molecule has 1 unspecified atom stereocenters. The van der Waals surface area contributed by atoms with E-state index in [4.69, 9.17) is 4.74 Å². The number of likely N-dealkylation sites (tertiary alicyclic amines) is 1. The SMILES string of the molecule is C1CC2(CCN(C3COC3)C2)CN1. The lowest BCUT2D eigenvalue weighted by Crippen LogP contribution is -2.48. The lowest BCUT2D eigenvalue weighted by molar-refractivity contribution is -0.0597. The van der Waals surface area contributed by atoms with Crippen LogP contribution in [0.3, 0.4) is 0 Å². The molecule has 3 fully saturated rings. The highest BCUT2D eigenvalue weighted by atomic mass is 16.5. The van der Waals surface area contributed by atoms with E-state index in [1.54, 1.807) is 0 Å². The summed E-state index contributed by atoms with van der Waals surface area (Å²) in [6.45, 7) is 7.04. The van der Waals surface area contributed by atoms with Gasteiger partial charge in [0.25, 0.3) is 0 Å². The fourth-order valence-corrected chi connectivity index (χ4v) is 2.86. The molecule has 3 heteroatoms. The standard InChI is InChI=1S/C10H18N2O/c1-3-11-7-10(1)2-4-12(8-10)9-5-13-6-9/h9,11H,1-8H2. The maximum atomic E-state index is 5.24. The monoisotopic (exact) mass is 182 g/mol. The van der Waals surface area contributed by atoms with E-state index in [0.29, 0.717) is 5.41 Å².